The third-order valence-electron chi connectivity index (χ3n) is 1.98. The number of rotatable bonds is 4. The number of aromatic nitrogens is 1. The van der Waals surface area contributed by atoms with Crippen LogP contribution in [0.15, 0.2) is 12.1 Å². The summed E-state index contributed by atoms with van der Waals surface area (Å²) in [5, 5.41) is 3.61. The molecule has 0 aliphatic carbocycles. The molecule has 1 aromatic heterocycles. The van der Waals surface area contributed by atoms with Crippen LogP contribution in [-0.4, -0.2) is 28.9 Å². The fraction of sp³-hybridized carbons (Fsp3) is 0.400. The van der Waals surface area contributed by atoms with Gasteiger partial charge in [0.25, 0.3) is 5.91 Å². The van der Waals surface area contributed by atoms with E-state index in [0.29, 0.717) is 17.4 Å². The predicted molar refractivity (Wildman–Crippen MR) is 69.6 cm³/mol. The van der Waals surface area contributed by atoms with Gasteiger partial charge in [-0.15, -0.1) is 0 Å². The number of nitrogens with zero attached hydrogens (tertiary/aromatic N) is 1. The van der Waals surface area contributed by atoms with Crippen molar-refractivity contribution in [1.82, 2.24) is 10.3 Å². The van der Waals surface area contributed by atoms with Crippen LogP contribution in [0.25, 0.3) is 0 Å². The fourth-order valence-electron chi connectivity index (χ4n) is 1.02. The van der Waals surface area contributed by atoms with E-state index in [1.807, 2.05) is 13.2 Å². The van der Waals surface area contributed by atoms with Crippen LogP contribution in [0.2, 0.25) is 10.3 Å². The van der Waals surface area contributed by atoms with Crippen LogP contribution in [0, 0.1) is 0 Å². The summed E-state index contributed by atoms with van der Waals surface area (Å²) < 4.78 is 0. The highest BCUT2D eigenvalue weighted by Crippen LogP contribution is 2.14. The zero-order valence-corrected chi connectivity index (χ0v) is 11.3. The number of hydrogen-bond donors (Lipinski definition) is 1. The fourth-order valence-corrected chi connectivity index (χ4v) is 1.73. The molecule has 1 heterocycles. The number of carbonyl (C=O) groups is 1. The number of carbonyl (C=O) groups excluding carboxylic acids is 1. The molecule has 16 heavy (non-hydrogen) atoms. The molecule has 0 bridgehead atoms. The quantitative estimate of drug-likeness (QED) is 0.862. The van der Waals surface area contributed by atoms with Crippen LogP contribution in [0.3, 0.4) is 0 Å². The minimum Gasteiger partial charge on any atom is -0.351 e. The van der Waals surface area contributed by atoms with Crippen LogP contribution in [0.5, 0.6) is 0 Å². The molecule has 0 aromatic carbocycles. The Balaban J connectivity index is 2.66. The first-order chi connectivity index (χ1) is 7.52. The predicted octanol–water partition coefficient (Wildman–Crippen LogP) is 2.87. The van der Waals surface area contributed by atoms with E-state index in [1.165, 1.54) is 12.1 Å². The molecular formula is C10H12Cl2N2OS. The molecular weight excluding hydrogens is 267 g/mol. The summed E-state index contributed by atoms with van der Waals surface area (Å²) in [5.74, 6) is -0.188. The number of pyridine rings is 1. The summed E-state index contributed by atoms with van der Waals surface area (Å²) in [7, 11) is 0. The highest BCUT2D eigenvalue weighted by molar-refractivity contribution is 7.99. The normalized spacial score (nSPS) is 12.2. The summed E-state index contributed by atoms with van der Waals surface area (Å²) >= 11 is 13.1. The Labute approximate surface area is 109 Å². The number of thioether (sulfide) groups is 1. The first kappa shape index (κ1) is 13.6. The lowest BCUT2D eigenvalue weighted by Gasteiger charge is -2.09. The van der Waals surface area contributed by atoms with Crippen LogP contribution in [-0.2, 0) is 0 Å². The van der Waals surface area contributed by atoms with Crippen molar-refractivity contribution in [2.75, 3.05) is 12.8 Å². The van der Waals surface area contributed by atoms with Crippen LogP contribution in [0.1, 0.15) is 17.3 Å². The second kappa shape index (κ2) is 6.33. The van der Waals surface area contributed by atoms with Crippen molar-refractivity contribution < 1.29 is 4.79 Å². The lowest BCUT2D eigenvalue weighted by atomic mass is 10.2. The Bertz CT molecular complexity index is 367. The SMILES string of the molecule is CSC(C)CNC(=O)c1cc(Cl)nc(Cl)c1. The molecule has 1 amide bonds. The number of halogens is 2. The van der Waals surface area contributed by atoms with Crippen LogP contribution in [0.4, 0.5) is 0 Å². The van der Waals surface area contributed by atoms with Gasteiger partial charge >= 0.3 is 0 Å². The Morgan fingerprint density at radius 1 is 1.50 bits per heavy atom. The van der Waals surface area contributed by atoms with E-state index in [-0.39, 0.29) is 16.2 Å². The molecule has 1 aromatic rings. The van der Waals surface area contributed by atoms with Crippen LogP contribution < -0.4 is 5.32 Å². The molecule has 0 aliphatic heterocycles. The smallest absolute Gasteiger partial charge is 0.251 e. The Morgan fingerprint density at radius 3 is 2.56 bits per heavy atom. The minimum atomic E-state index is -0.188. The Kier molecular flexibility index (Phi) is 5.38. The van der Waals surface area contributed by atoms with Gasteiger partial charge in [0.15, 0.2) is 0 Å². The highest BCUT2D eigenvalue weighted by atomic mass is 35.5. The lowest BCUT2D eigenvalue weighted by Crippen LogP contribution is -2.29. The van der Waals surface area contributed by atoms with Crippen molar-refractivity contribution in [2.24, 2.45) is 0 Å². The summed E-state index contributed by atoms with van der Waals surface area (Å²) in [4.78, 5) is 15.5. The second-order valence-electron chi connectivity index (χ2n) is 3.26. The molecule has 1 N–H and O–H groups in total. The molecule has 0 saturated heterocycles. The van der Waals surface area contributed by atoms with Crippen molar-refractivity contribution in [3.63, 3.8) is 0 Å². The standard InChI is InChI=1S/C10H12Cl2N2OS/c1-6(16-2)5-13-10(15)7-3-8(11)14-9(12)4-7/h3-4,6H,5H2,1-2H3,(H,13,15). The van der Waals surface area contributed by atoms with Gasteiger partial charge in [-0.25, -0.2) is 4.98 Å². The van der Waals surface area contributed by atoms with Gasteiger partial charge in [0.1, 0.15) is 10.3 Å². The van der Waals surface area contributed by atoms with E-state index in [9.17, 15) is 4.79 Å². The van der Waals surface area contributed by atoms with Gasteiger partial charge in [0.2, 0.25) is 0 Å². The molecule has 88 valence electrons. The van der Waals surface area contributed by atoms with E-state index in [1.54, 1.807) is 11.8 Å². The van der Waals surface area contributed by atoms with Gasteiger partial charge < -0.3 is 5.32 Å². The maximum atomic E-state index is 11.7. The largest absolute Gasteiger partial charge is 0.351 e. The number of nitrogens with one attached hydrogen (secondary N) is 1. The van der Waals surface area contributed by atoms with E-state index in [2.05, 4.69) is 10.3 Å². The molecule has 1 unspecified atom stereocenters. The van der Waals surface area contributed by atoms with Gasteiger partial charge in [-0.3, -0.25) is 4.79 Å². The van der Waals surface area contributed by atoms with E-state index in [4.69, 9.17) is 23.2 Å². The molecule has 0 radical (unpaired) electrons. The monoisotopic (exact) mass is 278 g/mol. The lowest BCUT2D eigenvalue weighted by molar-refractivity contribution is 0.0954. The molecule has 1 rings (SSSR count). The second-order valence-corrected chi connectivity index (χ2v) is 5.31. The third-order valence-corrected chi connectivity index (χ3v) is 3.34. The molecule has 0 saturated carbocycles. The van der Waals surface area contributed by atoms with E-state index in [0.717, 1.165) is 0 Å². The molecule has 6 heteroatoms. The van der Waals surface area contributed by atoms with Gasteiger partial charge in [-0.1, -0.05) is 30.1 Å². The van der Waals surface area contributed by atoms with Gasteiger partial charge in [-0.05, 0) is 18.4 Å². The van der Waals surface area contributed by atoms with Crippen molar-refractivity contribution in [1.29, 1.82) is 0 Å². The number of hydrogen-bond acceptors (Lipinski definition) is 3. The number of amides is 1. The zero-order chi connectivity index (χ0) is 12.1. The maximum absolute atomic E-state index is 11.7. The zero-order valence-electron chi connectivity index (χ0n) is 8.96. The summed E-state index contributed by atoms with van der Waals surface area (Å²) in [6, 6.07) is 2.99. The highest BCUT2D eigenvalue weighted by Gasteiger charge is 2.09. The van der Waals surface area contributed by atoms with E-state index < -0.39 is 0 Å². The summed E-state index contributed by atoms with van der Waals surface area (Å²) in [6.07, 6.45) is 2.00. The first-order valence-electron chi connectivity index (χ1n) is 4.67. The van der Waals surface area contributed by atoms with Crippen molar-refractivity contribution in [3.05, 3.63) is 28.0 Å². The third kappa shape index (κ3) is 4.20. The van der Waals surface area contributed by atoms with E-state index >= 15 is 0 Å². The van der Waals surface area contributed by atoms with Crippen LogP contribution >= 0.6 is 35.0 Å². The van der Waals surface area contributed by atoms with Crippen molar-refractivity contribution in [2.45, 2.75) is 12.2 Å². The molecule has 0 aliphatic rings. The molecule has 3 nitrogen and oxygen atoms in total. The minimum absolute atomic E-state index is 0.188. The van der Waals surface area contributed by atoms with Gasteiger partial charge in [0.05, 0.1) is 0 Å². The van der Waals surface area contributed by atoms with Crippen molar-refractivity contribution >= 4 is 40.9 Å². The average molecular weight is 279 g/mol. The molecule has 0 fully saturated rings. The maximum Gasteiger partial charge on any atom is 0.251 e. The first-order valence-corrected chi connectivity index (χ1v) is 6.71. The van der Waals surface area contributed by atoms with Gasteiger partial charge in [0, 0.05) is 17.4 Å². The summed E-state index contributed by atoms with van der Waals surface area (Å²) in [6.45, 7) is 2.65. The van der Waals surface area contributed by atoms with Gasteiger partial charge in [-0.2, -0.15) is 11.8 Å². The Morgan fingerprint density at radius 2 is 2.06 bits per heavy atom. The molecule has 1 atom stereocenters. The Hall–Kier alpha value is -0.450. The summed E-state index contributed by atoms with van der Waals surface area (Å²) in [5.41, 5.74) is 0.429. The topological polar surface area (TPSA) is 42.0 Å². The van der Waals surface area contributed by atoms with Crippen molar-refractivity contribution in [3.8, 4) is 0 Å². The molecule has 0 spiro atoms. The average Bonchev–Trinajstić information content (AvgIpc) is 2.23.